The molecule has 4 aromatic rings. The fourth-order valence-electron chi connectivity index (χ4n) is 5.14. The fourth-order valence-corrected chi connectivity index (χ4v) is 6.61. The molecule has 8 nitrogen and oxygen atoms in total. The summed E-state index contributed by atoms with van der Waals surface area (Å²) >= 11 is 0. The van der Waals surface area contributed by atoms with Crippen LogP contribution in [-0.4, -0.2) is 58.7 Å². The lowest BCUT2D eigenvalue weighted by molar-refractivity contribution is 0.433. The number of sulfonamides is 1. The largest absolute Gasteiger partial charge is 0.355 e. The van der Waals surface area contributed by atoms with E-state index in [1.165, 1.54) is 0 Å². The van der Waals surface area contributed by atoms with Crippen molar-refractivity contribution in [2.45, 2.75) is 64.2 Å². The van der Waals surface area contributed by atoms with Gasteiger partial charge >= 0.3 is 0 Å². The van der Waals surface area contributed by atoms with E-state index in [4.69, 9.17) is 15.1 Å². The molecule has 5 rings (SSSR count). The Labute approximate surface area is 231 Å². The highest BCUT2D eigenvalue weighted by atomic mass is 32.2. The van der Waals surface area contributed by atoms with Gasteiger partial charge in [-0.25, -0.2) is 23.1 Å². The molecule has 0 unspecified atom stereocenters. The zero-order chi connectivity index (χ0) is 27.8. The Morgan fingerprint density at radius 3 is 2.28 bits per heavy atom. The van der Waals surface area contributed by atoms with Crippen molar-refractivity contribution in [1.29, 1.82) is 0 Å². The summed E-state index contributed by atoms with van der Waals surface area (Å²) in [6.45, 7) is 12.6. The molecule has 39 heavy (non-hydrogen) atoms. The summed E-state index contributed by atoms with van der Waals surface area (Å²) in [6.07, 6.45) is 2.41. The van der Waals surface area contributed by atoms with Gasteiger partial charge in [0.05, 0.1) is 21.7 Å². The van der Waals surface area contributed by atoms with Gasteiger partial charge in [0, 0.05) is 32.6 Å². The van der Waals surface area contributed by atoms with Crippen molar-refractivity contribution >= 4 is 26.9 Å². The molecule has 0 atom stereocenters. The molecule has 1 aliphatic heterocycles. The Balaban J connectivity index is 1.47. The molecule has 0 radical (unpaired) electrons. The zero-order valence-corrected chi connectivity index (χ0v) is 24.4. The Morgan fingerprint density at radius 2 is 1.62 bits per heavy atom. The summed E-state index contributed by atoms with van der Waals surface area (Å²) in [4.78, 5) is 12.5. The lowest BCUT2D eigenvalue weighted by Gasteiger charge is -2.24. The smallest absolute Gasteiger partial charge is 0.243 e. The first kappa shape index (κ1) is 27.3. The molecule has 0 amide bonds. The second-order valence-corrected chi connectivity index (χ2v) is 13.2. The number of aryl methyl sites for hydroxylation is 2. The highest BCUT2D eigenvalue weighted by Gasteiger charge is 2.29. The molecule has 2 aromatic carbocycles. The number of aromatic nitrogens is 4. The van der Waals surface area contributed by atoms with Crippen LogP contribution >= 0.6 is 0 Å². The van der Waals surface area contributed by atoms with Gasteiger partial charge in [-0.1, -0.05) is 58.0 Å². The average molecular weight is 547 g/mol. The van der Waals surface area contributed by atoms with Gasteiger partial charge in [0.25, 0.3) is 0 Å². The zero-order valence-electron chi connectivity index (χ0n) is 23.6. The molecular formula is C30H38N6O2S. The molecular weight excluding hydrogens is 508 g/mol. The quantitative estimate of drug-likeness (QED) is 0.327. The molecule has 9 heteroatoms. The first-order chi connectivity index (χ1) is 18.6. The Morgan fingerprint density at radius 1 is 0.897 bits per heavy atom. The third-order valence-corrected chi connectivity index (χ3v) is 9.23. The van der Waals surface area contributed by atoms with Crippen molar-refractivity contribution < 1.29 is 8.42 Å². The van der Waals surface area contributed by atoms with E-state index in [1.807, 2.05) is 54.1 Å². The molecule has 1 aliphatic rings. The van der Waals surface area contributed by atoms with Crippen LogP contribution in [0.3, 0.4) is 0 Å². The standard InChI is InChI=1S/C30H38N6O2S/c1-6-11-26-31-28(27-22(2)33-36(29(27)32-26)24-12-8-7-9-13-24)34-18-10-19-35(21-20-34)39(37,38)25-16-14-23(15-17-25)30(3,4)5/h7-9,12-17H,6,10-11,18-21H2,1-5H3. The molecule has 2 aromatic heterocycles. The van der Waals surface area contributed by atoms with E-state index >= 15 is 0 Å². The van der Waals surface area contributed by atoms with E-state index < -0.39 is 10.0 Å². The molecule has 3 heterocycles. The van der Waals surface area contributed by atoms with Crippen LogP contribution < -0.4 is 4.90 Å². The summed E-state index contributed by atoms with van der Waals surface area (Å²) in [7, 11) is -3.60. The van der Waals surface area contributed by atoms with Gasteiger partial charge < -0.3 is 4.90 Å². The van der Waals surface area contributed by atoms with Crippen LogP contribution in [0.1, 0.15) is 57.6 Å². The van der Waals surface area contributed by atoms with E-state index in [2.05, 4.69) is 32.6 Å². The number of para-hydroxylation sites is 1. The molecule has 0 saturated carbocycles. The molecule has 0 N–H and O–H groups in total. The van der Waals surface area contributed by atoms with Gasteiger partial charge in [-0.3, -0.25) is 0 Å². The summed E-state index contributed by atoms with van der Waals surface area (Å²) in [5, 5.41) is 5.76. The van der Waals surface area contributed by atoms with Crippen molar-refractivity contribution in [2.75, 3.05) is 31.1 Å². The van der Waals surface area contributed by atoms with Gasteiger partial charge in [0.15, 0.2) is 5.65 Å². The second-order valence-electron chi connectivity index (χ2n) is 11.3. The number of anilines is 1. The first-order valence-corrected chi connectivity index (χ1v) is 15.2. The monoisotopic (exact) mass is 546 g/mol. The molecule has 206 valence electrons. The number of hydrogen-bond acceptors (Lipinski definition) is 6. The van der Waals surface area contributed by atoms with E-state index in [0.717, 1.165) is 52.5 Å². The van der Waals surface area contributed by atoms with Crippen LogP contribution in [0.2, 0.25) is 0 Å². The first-order valence-electron chi connectivity index (χ1n) is 13.8. The van der Waals surface area contributed by atoms with Crippen molar-refractivity contribution in [3.05, 3.63) is 71.7 Å². The van der Waals surface area contributed by atoms with Crippen LogP contribution in [0.15, 0.2) is 59.5 Å². The Hall–Kier alpha value is -3.30. The minimum absolute atomic E-state index is 0.0304. The minimum Gasteiger partial charge on any atom is -0.355 e. The van der Waals surface area contributed by atoms with Crippen LogP contribution in [-0.2, 0) is 21.9 Å². The predicted octanol–water partition coefficient (Wildman–Crippen LogP) is 5.27. The molecule has 0 spiro atoms. The summed E-state index contributed by atoms with van der Waals surface area (Å²) in [5.41, 5.74) is 3.69. The van der Waals surface area contributed by atoms with Crippen LogP contribution in [0.25, 0.3) is 16.7 Å². The number of nitrogens with zero attached hydrogens (tertiary/aromatic N) is 6. The van der Waals surface area contributed by atoms with Crippen molar-refractivity contribution in [1.82, 2.24) is 24.1 Å². The van der Waals surface area contributed by atoms with Gasteiger partial charge in [-0.05, 0) is 55.0 Å². The Kier molecular flexibility index (Phi) is 7.48. The van der Waals surface area contributed by atoms with Gasteiger partial charge in [-0.15, -0.1) is 0 Å². The molecule has 0 aliphatic carbocycles. The molecule has 1 saturated heterocycles. The van der Waals surface area contributed by atoms with Gasteiger partial charge in [0.2, 0.25) is 10.0 Å². The third kappa shape index (κ3) is 5.43. The minimum atomic E-state index is -3.60. The number of rotatable bonds is 6. The third-order valence-electron chi connectivity index (χ3n) is 7.32. The Bertz CT molecular complexity index is 1560. The number of benzene rings is 2. The van der Waals surface area contributed by atoms with E-state index in [0.29, 0.717) is 37.5 Å². The summed E-state index contributed by atoms with van der Waals surface area (Å²) in [6, 6.07) is 17.4. The maximum atomic E-state index is 13.6. The molecule has 0 bridgehead atoms. The van der Waals surface area contributed by atoms with Crippen molar-refractivity contribution in [3.63, 3.8) is 0 Å². The normalized spacial score (nSPS) is 15.6. The SMILES string of the molecule is CCCc1nc(N2CCCN(S(=O)(=O)c3ccc(C(C)(C)C)cc3)CC2)c2c(C)nn(-c3ccccc3)c2n1. The van der Waals surface area contributed by atoms with Crippen LogP contribution in [0.4, 0.5) is 5.82 Å². The van der Waals surface area contributed by atoms with E-state index in [-0.39, 0.29) is 5.41 Å². The lowest BCUT2D eigenvalue weighted by Crippen LogP contribution is -2.35. The fraction of sp³-hybridized carbons (Fsp3) is 0.433. The maximum absolute atomic E-state index is 13.6. The van der Waals surface area contributed by atoms with Crippen LogP contribution in [0, 0.1) is 6.92 Å². The summed E-state index contributed by atoms with van der Waals surface area (Å²) < 4.78 is 30.7. The van der Waals surface area contributed by atoms with E-state index in [1.54, 1.807) is 16.4 Å². The topological polar surface area (TPSA) is 84.2 Å². The highest BCUT2D eigenvalue weighted by molar-refractivity contribution is 7.89. The number of hydrogen-bond donors (Lipinski definition) is 0. The number of fused-ring (bicyclic) bond motifs is 1. The maximum Gasteiger partial charge on any atom is 0.243 e. The lowest BCUT2D eigenvalue weighted by atomic mass is 9.87. The van der Waals surface area contributed by atoms with Gasteiger partial charge in [0.1, 0.15) is 11.6 Å². The predicted molar refractivity (Wildman–Crippen MR) is 156 cm³/mol. The van der Waals surface area contributed by atoms with Crippen LogP contribution in [0.5, 0.6) is 0 Å². The van der Waals surface area contributed by atoms with Gasteiger partial charge in [-0.2, -0.15) is 9.40 Å². The highest BCUT2D eigenvalue weighted by Crippen LogP contribution is 2.31. The average Bonchev–Trinajstić information content (AvgIpc) is 3.08. The van der Waals surface area contributed by atoms with Crippen molar-refractivity contribution in [3.8, 4) is 5.69 Å². The molecule has 1 fully saturated rings. The van der Waals surface area contributed by atoms with Crippen molar-refractivity contribution in [2.24, 2.45) is 0 Å². The summed E-state index contributed by atoms with van der Waals surface area (Å²) in [5.74, 6) is 1.63. The van der Waals surface area contributed by atoms with E-state index in [9.17, 15) is 8.42 Å². The second kappa shape index (κ2) is 10.7.